The molecule has 0 amide bonds. The van der Waals surface area contributed by atoms with Crippen LogP contribution in [0.15, 0.2) is 0 Å². The SMILES string of the molecule is CC(CC(F)(F)F)NCC1CCC(N)C(C)C1(C)C. The van der Waals surface area contributed by atoms with Crippen molar-refractivity contribution >= 4 is 0 Å². The first-order valence-corrected chi connectivity index (χ1v) is 7.09. The van der Waals surface area contributed by atoms with Crippen molar-refractivity contribution in [3.63, 3.8) is 0 Å². The molecule has 1 saturated carbocycles. The van der Waals surface area contributed by atoms with Crippen LogP contribution in [0.3, 0.4) is 0 Å². The summed E-state index contributed by atoms with van der Waals surface area (Å²) in [6, 6.07) is -0.319. The summed E-state index contributed by atoms with van der Waals surface area (Å²) in [5.41, 5.74) is 6.16. The van der Waals surface area contributed by atoms with Crippen molar-refractivity contribution in [3.05, 3.63) is 0 Å². The summed E-state index contributed by atoms with van der Waals surface area (Å²) in [6.07, 6.45) is -2.91. The van der Waals surface area contributed by atoms with Crippen molar-refractivity contribution in [2.45, 2.75) is 65.2 Å². The Bertz CT molecular complexity index is 289. The first kappa shape index (κ1) is 16.8. The van der Waals surface area contributed by atoms with Crippen molar-refractivity contribution in [3.8, 4) is 0 Å². The predicted octanol–water partition coefficient (Wildman–Crippen LogP) is 3.32. The minimum Gasteiger partial charge on any atom is -0.327 e. The molecule has 0 aromatic rings. The molecule has 114 valence electrons. The largest absolute Gasteiger partial charge is 0.390 e. The molecule has 1 aliphatic carbocycles. The molecule has 0 aromatic carbocycles. The van der Waals surface area contributed by atoms with Crippen molar-refractivity contribution in [1.82, 2.24) is 5.32 Å². The Hall–Kier alpha value is -0.290. The van der Waals surface area contributed by atoms with Gasteiger partial charge >= 0.3 is 6.18 Å². The summed E-state index contributed by atoms with van der Waals surface area (Å²) in [4.78, 5) is 0. The van der Waals surface area contributed by atoms with E-state index in [-0.39, 0.29) is 11.5 Å². The molecule has 0 heterocycles. The van der Waals surface area contributed by atoms with Crippen LogP contribution < -0.4 is 11.1 Å². The zero-order valence-electron chi connectivity index (χ0n) is 12.3. The molecule has 4 atom stereocenters. The van der Waals surface area contributed by atoms with E-state index in [1.54, 1.807) is 6.92 Å². The topological polar surface area (TPSA) is 38.0 Å². The first-order valence-electron chi connectivity index (χ1n) is 7.09. The van der Waals surface area contributed by atoms with Crippen molar-refractivity contribution in [2.75, 3.05) is 6.54 Å². The van der Waals surface area contributed by atoms with Crippen LogP contribution in [-0.2, 0) is 0 Å². The third kappa shape index (κ3) is 4.63. The van der Waals surface area contributed by atoms with Gasteiger partial charge in [0.15, 0.2) is 0 Å². The molecule has 0 saturated heterocycles. The van der Waals surface area contributed by atoms with E-state index < -0.39 is 18.6 Å². The Morgan fingerprint density at radius 2 is 1.89 bits per heavy atom. The summed E-state index contributed by atoms with van der Waals surface area (Å²) in [5.74, 6) is 0.781. The summed E-state index contributed by atoms with van der Waals surface area (Å²) < 4.78 is 36.8. The van der Waals surface area contributed by atoms with Crippen molar-refractivity contribution in [2.24, 2.45) is 23.0 Å². The Kier molecular flexibility index (Phi) is 5.29. The highest BCUT2D eigenvalue weighted by Crippen LogP contribution is 2.44. The van der Waals surface area contributed by atoms with E-state index in [0.29, 0.717) is 18.4 Å². The molecule has 0 radical (unpaired) electrons. The van der Waals surface area contributed by atoms with E-state index in [9.17, 15) is 13.2 Å². The Balaban J connectivity index is 2.49. The molecule has 0 aromatic heterocycles. The van der Waals surface area contributed by atoms with E-state index in [1.165, 1.54) is 0 Å². The van der Waals surface area contributed by atoms with E-state index in [4.69, 9.17) is 5.73 Å². The fraction of sp³-hybridized carbons (Fsp3) is 1.00. The maximum atomic E-state index is 12.3. The van der Waals surface area contributed by atoms with Gasteiger partial charge in [-0.25, -0.2) is 0 Å². The van der Waals surface area contributed by atoms with E-state index in [1.807, 2.05) is 0 Å². The minimum absolute atomic E-state index is 0.0720. The normalized spacial score (nSPS) is 33.2. The zero-order chi connectivity index (χ0) is 14.8. The van der Waals surface area contributed by atoms with Crippen LogP contribution in [0.2, 0.25) is 0 Å². The van der Waals surface area contributed by atoms with Gasteiger partial charge in [-0.05, 0) is 43.6 Å². The van der Waals surface area contributed by atoms with E-state index in [2.05, 4.69) is 26.1 Å². The highest BCUT2D eigenvalue weighted by molar-refractivity contribution is 4.94. The van der Waals surface area contributed by atoms with Crippen LogP contribution in [0.4, 0.5) is 13.2 Å². The molecule has 3 N–H and O–H groups in total. The molecular formula is C14H27F3N2. The number of hydrogen-bond acceptors (Lipinski definition) is 2. The lowest BCUT2D eigenvalue weighted by molar-refractivity contribution is -0.139. The second-order valence-electron chi connectivity index (χ2n) is 6.68. The summed E-state index contributed by atoms with van der Waals surface area (Å²) in [5, 5.41) is 3.04. The van der Waals surface area contributed by atoms with Crippen LogP contribution in [0.5, 0.6) is 0 Å². The Labute approximate surface area is 114 Å². The monoisotopic (exact) mass is 280 g/mol. The fourth-order valence-electron chi connectivity index (χ4n) is 3.07. The lowest BCUT2D eigenvalue weighted by Crippen LogP contribution is -2.50. The molecule has 2 nitrogen and oxygen atoms in total. The van der Waals surface area contributed by atoms with Gasteiger partial charge in [0, 0.05) is 12.1 Å². The third-order valence-corrected chi connectivity index (χ3v) is 4.97. The Morgan fingerprint density at radius 3 is 2.42 bits per heavy atom. The number of rotatable bonds is 4. The van der Waals surface area contributed by atoms with E-state index in [0.717, 1.165) is 12.8 Å². The van der Waals surface area contributed by atoms with Crippen LogP contribution >= 0.6 is 0 Å². The number of hydrogen-bond donors (Lipinski definition) is 2. The van der Waals surface area contributed by atoms with Gasteiger partial charge in [0.25, 0.3) is 0 Å². The molecule has 0 bridgehead atoms. The minimum atomic E-state index is -4.09. The number of alkyl halides is 3. The summed E-state index contributed by atoms with van der Waals surface area (Å²) in [7, 11) is 0. The van der Waals surface area contributed by atoms with Gasteiger partial charge in [-0.3, -0.25) is 0 Å². The van der Waals surface area contributed by atoms with Crippen LogP contribution in [-0.4, -0.2) is 24.8 Å². The second-order valence-corrected chi connectivity index (χ2v) is 6.68. The lowest BCUT2D eigenvalue weighted by atomic mass is 9.61. The smallest absolute Gasteiger partial charge is 0.327 e. The molecule has 0 spiro atoms. The zero-order valence-corrected chi connectivity index (χ0v) is 12.3. The molecule has 0 aliphatic heterocycles. The quantitative estimate of drug-likeness (QED) is 0.829. The molecule has 1 rings (SSSR count). The molecule has 4 unspecified atom stereocenters. The van der Waals surface area contributed by atoms with Gasteiger partial charge in [0.05, 0.1) is 6.42 Å². The highest BCUT2D eigenvalue weighted by atomic mass is 19.4. The van der Waals surface area contributed by atoms with Crippen LogP contribution in [0, 0.1) is 17.3 Å². The van der Waals surface area contributed by atoms with E-state index >= 15 is 0 Å². The van der Waals surface area contributed by atoms with Crippen LogP contribution in [0.25, 0.3) is 0 Å². The van der Waals surface area contributed by atoms with Gasteiger partial charge < -0.3 is 11.1 Å². The highest BCUT2D eigenvalue weighted by Gasteiger charge is 2.41. The fourth-order valence-corrected chi connectivity index (χ4v) is 3.07. The van der Waals surface area contributed by atoms with Gasteiger partial charge in [0.2, 0.25) is 0 Å². The lowest BCUT2D eigenvalue weighted by Gasteiger charge is -2.47. The van der Waals surface area contributed by atoms with Gasteiger partial charge in [-0.1, -0.05) is 20.8 Å². The molecular weight excluding hydrogens is 253 g/mol. The standard InChI is InChI=1S/C14H27F3N2/c1-9(7-14(15,16)17)19-8-11-5-6-12(18)10(2)13(11,3)4/h9-12,19H,5-8,18H2,1-4H3. The molecule has 19 heavy (non-hydrogen) atoms. The number of nitrogens with one attached hydrogen (secondary N) is 1. The molecule has 1 fully saturated rings. The second kappa shape index (κ2) is 6.00. The van der Waals surface area contributed by atoms with Crippen molar-refractivity contribution in [1.29, 1.82) is 0 Å². The van der Waals surface area contributed by atoms with Crippen LogP contribution in [0.1, 0.15) is 47.0 Å². The maximum absolute atomic E-state index is 12.3. The van der Waals surface area contributed by atoms with Gasteiger partial charge in [-0.2, -0.15) is 13.2 Å². The number of halogens is 3. The number of nitrogens with two attached hydrogens (primary N) is 1. The van der Waals surface area contributed by atoms with Gasteiger partial charge in [0.1, 0.15) is 0 Å². The molecule has 1 aliphatic rings. The van der Waals surface area contributed by atoms with Crippen molar-refractivity contribution < 1.29 is 13.2 Å². The summed E-state index contributed by atoms with van der Waals surface area (Å²) >= 11 is 0. The molecule has 5 heteroatoms. The average molecular weight is 280 g/mol. The van der Waals surface area contributed by atoms with Gasteiger partial charge in [-0.15, -0.1) is 0 Å². The third-order valence-electron chi connectivity index (χ3n) is 4.97. The maximum Gasteiger partial charge on any atom is 0.390 e. The first-order chi connectivity index (χ1) is 8.54. The predicted molar refractivity (Wildman–Crippen MR) is 71.8 cm³/mol. The summed E-state index contributed by atoms with van der Waals surface area (Å²) in [6.45, 7) is 8.74. The Morgan fingerprint density at radius 1 is 1.32 bits per heavy atom. The average Bonchev–Trinajstić information content (AvgIpc) is 2.22.